The molecular formula is C17H22N4. The summed E-state index contributed by atoms with van der Waals surface area (Å²) in [5.41, 5.74) is 3.88. The zero-order valence-corrected chi connectivity index (χ0v) is 12.8. The molecule has 0 atom stereocenters. The predicted molar refractivity (Wildman–Crippen MR) is 87.0 cm³/mol. The number of aryl methyl sites for hydroxylation is 2. The minimum Gasteiger partial charge on any atom is -0.368 e. The van der Waals surface area contributed by atoms with E-state index in [0.29, 0.717) is 0 Å². The van der Waals surface area contributed by atoms with Crippen LogP contribution in [0.4, 0.5) is 11.6 Å². The van der Waals surface area contributed by atoms with Gasteiger partial charge in [0.05, 0.1) is 0 Å². The summed E-state index contributed by atoms with van der Waals surface area (Å²) in [7, 11) is 0. The summed E-state index contributed by atoms with van der Waals surface area (Å²) in [4.78, 5) is 13.7. The van der Waals surface area contributed by atoms with Crippen LogP contribution in [-0.2, 0) is 6.42 Å². The third-order valence-electron chi connectivity index (χ3n) is 4.12. The van der Waals surface area contributed by atoms with Crippen LogP contribution in [0.15, 0.2) is 36.7 Å². The highest BCUT2D eigenvalue weighted by molar-refractivity contribution is 5.54. The van der Waals surface area contributed by atoms with Crippen molar-refractivity contribution in [2.45, 2.75) is 20.3 Å². The van der Waals surface area contributed by atoms with Gasteiger partial charge in [-0.3, -0.25) is 0 Å². The van der Waals surface area contributed by atoms with E-state index >= 15 is 0 Å². The van der Waals surface area contributed by atoms with Crippen LogP contribution in [-0.4, -0.2) is 36.1 Å². The maximum Gasteiger partial charge on any atom is 0.225 e. The Labute approximate surface area is 126 Å². The molecule has 3 rings (SSSR count). The number of benzene rings is 1. The van der Waals surface area contributed by atoms with Gasteiger partial charge in [0.15, 0.2) is 0 Å². The highest BCUT2D eigenvalue weighted by Gasteiger charge is 2.19. The van der Waals surface area contributed by atoms with Crippen LogP contribution >= 0.6 is 0 Å². The van der Waals surface area contributed by atoms with Crippen LogP contribution in [0.2, 0.25) is 0 Å². The molecule has 0 amide bonds. The van der Waals surface area contributed by atoms with Gasteiger partial charge in [-0.1, -0.05) is 25.1 Å². The second kappa shape index (κ2) is 6.12. The average molecular weight is 282 g/mol. The van der Waals surface area contributed by atoms with Gasteiger partial charge in [0.25, 0.3) is 0 Å². The summed E-state index contributed by atoms with van der Waals surface area (Å²) in [5, 5.41) is 0. The lowest BCUT2D eigenvalue weighted by molar-refractivity contribution is 0.638. The fourth-order valence-electron chi connectivity index (χ4n) is 2.76. The molecule has 0 aliphatic carbocycles. The Morgan fingerprint density at radius 3 is 2.19 bits per heavy atom. The SMILES string of the molecule is CCc1cnc(N2CCN(c3ccccc3C)CC2)nc1. The summed E-state index contributed by atoms with van der Waals surface area (Å²) in [6.07, 6.45) is 4.87. The summed E-state index contributed by atoms with van der Waals surface area (Å²) < 4.78 is 0. The maximum atomic E-state index is 4.48. The fraction of sp³-hybridized carbons (Fsp3) is 0.412. The van der Waals surface area contributed by atoms with Gasteiger partial charge < -0.3 is 9.80 Å². The van der Waals surface area contributed by atoms with Gasteiger partial charge in [0, 0.05) is 44.3 Å². The topological polar surface area (TPSA) is 32.3 Å². The van der Waals surface area contributed by atoms with Gasteiger partial charge in [-0.2, -0.15) is 0 Å². The normalized spacial score (nSPS) is 15.3. The summed E-state index contributed by atoms with van der Waals surface area (Å²) in [6.45, 7) is 8.28. The first-order valence-corrected chi connectivity index (χ1v) is 7.64. The standard InChI is InChI=1S/C17H22N4/c1-3-15-12-18-17(19-13-15)21-10-8-20(9-11-21)16-7-5-4-6-14(16)2/h4-7,12-13H,3,8-11H2,1-2H3. The molecular weight excluding hydrogens is 260 g/mol. The van der Waals surface area contributed by atoms with Crippen LogP contribution in [0.1, 0.15) is 18.1 Å². The van der Waals surface area contributed by atoms with Crippen molar-refractivity contribution in [1.29, 1.82) is 0 Å². The van der Waals surface area contributed by atoms with Crippen LogP contribution < -0.4 is 9.80 Å². The van der Waals surface area contributed by atoms with Crippen LogP contribution in [0.3, 0.4) is 0 Å². The average Bonchev–Trinajstić information content (AvgIpc) is 2.56. The Hall–Kier alpha value is -2.10. The van der Waals surface area contributed by atoms with E-state index in [0.717, 1.165) is 38.5 Å². The molecule has 1 aromatic carbocycles. The first kappa shape index (κ1) is 13.9. The van der Waals surface area contributed by atoms with Crippen molar-refractivity contribution >= 4 is 11.6 Å². The van der Waals surface area contributed by atoms with E-state index in [2.05, 4.69) is 57.9 Å². The Morgan fingerprint density at radius 1 is 0.952 bits per heavy atom. The molecule has 2 aromatic rings. The lowest BCUT2D eigenvalue weighted by Crippen LogP contribution is -2.47. The molecule has 0 bridgehead atoms. The Morgan fingerprint density at radius 2 is 1.57 bits per heavy atom. The van der Waals surface area contributed by atoms with Crippen LogP contribution in [0.25, 0.3) is 0 Å². The van der Waals surface area contributed by atoms with Crippen molar-refractivity contribution in [3.05, 3.63) is 47.8 Å². The van der Waals surface area contributed by atoms with Crippen molar-refractivity contribution in [1.82, 2.24) is 9.97 Å². The van der Waals surface area contributed by atoms with E-state index in [9.17, 15) is 0 Å². The number of rotatable bonds is 3. The predicted octanol–water partition coefficient (Wildman–Crippen LogP) is 2.67. The molecule has 0 radical (unpaired) electrons. The quantitative estimate of drug-likeness (QED) is 0.866. The monoisotopic (exact) mass is 282 g/mol. The Balaban J connectivity index is 1.66. The van der Waals surface area contributed by atoms with Crippen molar-refractivity contribution in [3.63, 3.8) is 0 Å². The van der Waals surface area contributed by atoms with Gasteiger partial charge in [-0.05, 0) is 30.5 Å². The molecule has 0 unspecified atom stereocenters. The molecule has 1 aromatic heterocycles. The van der Waals surface area contributed by atoms with E-state index in [-0.39, 0.29) is 0 Å². The van der Waals surface area contributed by atoms with E-state index in [1.807, 2.05) is 12.4 Å². The van der Waals surface area contributed by atoms with Crippen molar-refractivity contribution in [2.75, 3.05) is 36.0 Å². The molecule has 1 aliphatic rings. The zero-order chi connectivity index (χ0) is 14.7. The van der Waals surface area contributed by atoms with Gasteiger partial charge >= 0.3 is 0 Å². The number of aromatic nitrogens is 2. The number of piperazine rings is 1. The van der Waals surface area contributed by atoms with Crippen molar-refractivity contribution in [2.24, 2.45) is 0 Å². The Bertz CT molecular complexity index is 586. The first-order chi connectivity index (χ1) is 10.3. The number of para-hydroxylation sites is 1. The fourth-order valence-corrected chi connectivity index (χ4v) is 2.76. The lowest BCUT2D eigenvalue weighted by Gasteiger charge is -2.36. The van der Waals surface area contributed by atoms with E-state index in [1.165, 1.54) is 16.8 Å². The third kappa shape index (κ3) is 2.99. The molecule has 0 spiro atoms. The minimum absolute atomic E-state index is 0.858. The largest absolute Gasteiger partial charge is 0.368 e. The first-order valence-electron chi connectivity index (χ1n) is 7.64. The van der Waals surface area contributed by atoms with Gasteiger partial charge in [0.1, 0.15) is 0 Å². The third-order valence-corrected chi connectivity index (χ3v) is 4.12. The molecule has 0 saturated carbocycles. The number of hydrogen-bond acceptors (Lipinski definition) is 4. The molecule has 1 fully saturated rings. The smallest absolute Gasteiger partial charge is 0.225 e. The number of hydrogen-bond donors (Lipinski definition) is 0. The molecule has 0 N–H and O–H groups in total. The molecule has 4 heteroatoms. The van der Waals surface area contributed by atoms with Gasteiger partial charge in [-0.25, -0.2) is 9.97 Å². The number of nitrogens with zero attached hydrogens (tertiary/aromatic N) is 4. The summed E-state index contributed by atoms with van der Waals surface area (Å²) >= 11 is 0. The second-order valence-electron chi connectivity index (χ2n) is 5.51. The maximum absolute atomic E-state index is 4.48. The van der Waals surface area contributed by atoms with Gasteiger partial charge in [0.2, 0.25) is 5.95 Å². The highest BCUT2D eigenvalue weighted by atomic mass is 15.3. The lowest BCUT2D eigenvalue weighted by atomic mass is 10.1. The van der Waals surface area contributed by atoms with Gasteiger partial charge in [-0.15, -0.1) is 0 Å². The minimum atomic E-state index is 0.858. The molecule has 110 valence electrons. The molecule has 4 nitrogen and oxygen atoms in total. The molecule has 1 saturated heterocycles. The Kier molecular flexibility index (Phi) is 4.04. The van der Waals surface area contributed by atoms with Crippen molar-refractivity contribution in [3.8, 4) is 0 Å². The summed E-state index contributed by atoms with van der Waals surface area (Å²) in [5.74, 6) is 0.858. The van der Waals surface area contributed by atoms with E-state index in [4.69, 9.17) is 0 Å². The zero-order valence-electron chi connectivity index (χ0n) is 12.8. The molecule has 21 heavy (non-hydrogen) atoms. The molecule has 1 aliphatic heterocycles. The molecule has 2 heterocycles. The van der Waals surface area contributed by atoms with Crippen LogP contribution in [0.5, 0.6) is 0 Å². The van der Waals surface area contributed by atoms with E-state index < -0.39 is 0 Å². The number of anilines is 2. The van der Waals surface area contributed by atoms with Crippen LogP contribution in [0, 0.1) is 6.92 Å². The van der Waals surface area contributed by atoms with Crippen molar-refractivity contribution < 1.29 is 0 Å². The highest BCUT2D eigenvalue weighted by Crippen LogP contribution is 2.21. The summed E-state index contributed by atoms with van der Waals surface area (Å²) in [6, 6.07) is 8.59. The van der Waals surface area contributed by atoms with E-state index in [1.54, 1.807) is 0 Å². The second-order valence-corrected chi connectivity index (χ2v) is 5.51.